The number of aliphatic hydroxyl groups is 1. The van der Waals surface area contributed by atoms with Crippen LogP contribution in [-0.2, 0) is 58.3 Å². The van der Waals surface area contributed by atoms with Gasteiger partial charge in [0.15, 0.2) is 92.2 Å². The molecule has 0 bridgehead atoms. The minimum Gasteiger partial charge on any atom is -0.462 e. The topological polar surface area (TPSA) is 164 Å². The van der Waals surface area contributed by atoms with Crippen LogP contribution >= 0.6 is 11.1 Å². The molecule has 676 valence electrons. The van der Waals surface area contributed by atoms with Gasteiger partial charge in [-0.1, -0.05) is 183 Å². The number of hydrogen-bond donors (Lipinski definition) is 1. The summed E-state index contributed by atoms with van der Waals surface area (Å²) in [7, 11) is -20.3. The van der Waals surface area contributed by atoms with Gasteiger partial charge >= 0.3 is 36.8 Å². The van der Waals surface area contributed by atoms with Crippen molar-refractivity contribution in [1.82, 2.24) is 0 Å². The fourth-order valence-electron chi connectivity index (χ4n) is 11.3. The number of carbonyl (C=O) groups excluding carboxylic acids is 3. The minimum absolute atomic E-state index is 0. The molecule has 0 aromatic carbocycles. The maximum atomic E-state index is 11.5. The Hall–Kier alpha value is 1.19. The Balaban J connectivity index is -0.000000252. The average molecular weight is 1880 g/mol. The van der Waals surface area contributed by atoms with Crippen LogP contribution in [0.15, 0.2) is 49.1 Å². The molecular weight excluding hydrogens is 1680 g/mol. The van der Waals surface area contributed by atoms with Gasteiger partial charge in [-0.05, 0) is 254 Å². The van der Waals surface area contributed by atoms with E-state index in [1.54, 1.807) is 20.8 Å². The van der Waals surface area contributed by atoms with Gasteiger partial charge < -0.3 is 56.0 Å². The van der Waals surface area contributed by atoms with E-state index in [0.717, 1.165) is 57.6 Å². The fraction of sp³-hybridized carbons (Fsp3) is 0.855. The van der Waals surface area contributed by atoms with Gasteiger partial charge in [0.2, 0.25) is 0 Å². The molecule has 1 aliphatic heterocycles. The SMILES string of the molecule is C=C(C)C(=O)OCCC[Si](C)(C)O[Si](C)(C)CC[Si](C)(C)CCCO.C=C(C)C(=O)OCCC[Si](C)(C)O[Si](C)(C)CC[Si](C)(C)CCCO[Si](C)(C)C(C)(C)C.C=CCOC(=O)C(=C)C.C[SiH](C)Cl.C[SiH](C)O[Si](C)(C)CC[Si](C)(C)CCCO[Si](C)(C)C(C)(C)C.C[Si]1(C)CC[Si](C)(C)O1.[CH2-]CCO[Si](C)(C)C(C)(C)C.[Li+]. The van der Waals surface area contributed by atoms with Gasteiger partial charge in [-0.25, -0.2) is 14.4 Å². The van der Waals surface area contributed by atoms with Crippen LogP contribution in [0.1, 0.15) is 122 Å². The maximum Gasteiger partial charge on any atom is 1.00 e. The van der Waals surface area contributed by atoms with Crippen LogP contribution < -0.4 is 18.9 Å². The Morgan fingerprint density at radius 2 is 0.693 bits per heavy atom. The van der Waals surface area contributed by atoms with E-state index in [9.17, 15) is 14.4 Å². The number of ether oxygens (including phenoxy) is 3. The second kappa shape index (κ2) is 58.5. The molecule has 0 amide bonds. The van der Waals surface area contributed by atoms with Crippen molar-refractivity contribution >= 4 is 154 Å². The van der Waals surface area contributed by atoms with E-state index in [2.05, 4.69) is 297 Å². The largest absolute Gasteiger partial charge is 1.00 e. The predicted octanol–water partition coefficient (Wildman–Crippen LogP) is 24.5. The standard InChI is InChI=1S/C24H54O4Si4.C18H40O4Si3.C17H44O2Si4.C9H21OSi.C7H10O2.C6H16OSi2.C2H7ClSi.Li/c1-22(2)23(25)26-16-14-19-30(8,9)28-31(10,11)21-20-29(6,7)18-15-17-27-32(12,13)24(3,4)5;1-17(2)18(20)21-12-10-14-24(5,6)22-25(7,8)16-15-23(3,4)13-9-11-19;1-17(2,3)23(10,11)18-13-12-14-21(6,7)15-16-22(8,9)19-20(4)5;1-7-8-10-11(5,6)9(2,3)4;1-4-5-9-7(8)6(2)3;1-8(2)5-6-9(3,4)7-8;1-4(2)3;/h1,14-21H2,2-13H3;19H,1,9-16H2,2-8H3;20H,12-16H2,1-11H3;1,7-8H2,2-6H3;4H,1-2,5H2,3H3;5-6H2,1-4H3;4H,1-2H3;/q;;;-1;;;;+1. The van der Waals surface area contributed by atoms with E-state index in [1.165, 1.54) is 85.4 Å². The number of hydrogen-bond acceptors (Lipinski definition) is 14. The Bertz CT molecular complexity index is 2650. The zero-order chi connectivity index (χ0) is 90.8. The summed E-state index contributed by atoms with van der Waals surface area (Å²) < 4.78 is 59.4. The van der Waals surface area contributed by atoms with Crippen LogP contribution in [0, 0.1) is 6.92 Å². The molecule has 0 aromatic rings. The molecule has 0 aromatic heterocycles. The first-order valence-electron chi connectivity index (χ1n) is 43.1. The summed E-state index contributed by atoms with van der Waals surface area (Å²) in [6.07, 6.45) is 7.50. The van der Waals surface area contributed by atoms with Gasteiger partial charge in [-0.15, -0.1) is 0 Å². The zero-order valence-corrected chi connectivity index (χ0v) is 99.9. The number of esters is 3. The van der Waals surface area contributed by atoms with Crippen LogP contribution in [0.5, 0.6) is 0 Å². The molecule has 1 aliphatic rings. The summed E-state index contributed by atoms with van der Waals surface area (Å²) in [5.41, 5.74) is 1.33. The van der Waals surface area contributed by atoms with Crippen LogP contribution in [0.2, 0.25) is 290 Å². The first-order chi connectivity index (χ1) is 50.2. The van der Waals surface area contributed by atoms with E-state index in [0.29, 0.717) is 46.6 Å². The number of halogens is 1. The van der Waals surface area contributed by atoms with E-state index >= 15 is 0 Å². The molecule has 31 heteroatoms. The third kappa shape index (κ3) is 73.5. The van der Waals surface area contributed by atoms with Crippen molar-refractivity contribution in [1.29, 1.82) is 0 Å². The summed E-state index contributed by atoms with van der Waals surface area (Å²) in [6.45, 7) is 118. The molecule has 1 fully saturated rings. The van der Waals surface area contributed by atoms with Crippen molar-refractivity contribution in [3.8, 4) is 0 Å². The molecule has 1 saturated heterocycles. The van der Waals surface area contributed by atoms with Crippen LogP contribution in [0.25, 0.3) is 0 Å². The third-order valence-corrected chi connectivity index (χ3v) is 75.0. The number of aliphatic hydroxyl groups excluding tert-OH is 1. The molecule has 0 spiro atoms. The van der Waals surface area contributed by atoms with E-state index in [-0.39, 0.29) is 48.4 Å². The molecule has 1 N–H and O–H groups in total. The van der Waals surface area contributed by atoms with Gasteiger partial charge in [0.05, 0.1) is 13.2 Å². The first kappa shape index (κ1) is 128. The summed E-state index contributed by atoms with van der Waals surface area (Å²) in [6, 6.07) is 16.6. The maximum absolute atomic E-state index is 11.5. The fourth-order valence-corrected chi connectivity index (χ4v) is 66.7. The molecule has 0 unspecified atom stereocenters. The second-order valence-electron chi connectivity index (χ2n) is 43.7. The van der Waals surface area contributed by atoms with Gasteiger partial charge in [-0.3, -0.25) is 0 Å². The summed E-state index contributed by atoms with van der Waals surface area (Å²) in [5.74, 6) is -0.956. The Morgan fingerprint density at radius 1 is 0.439 bits per heavy atom. The van der Waals surface area contributed by atoms with E-state index in [4.69, 9.17) is 55.4 Å². The summed E-state index contributed by atoms with van der Waals surface area (Å²) >= 11 is 5.41. The van der Waals surface area contributed by atoms with Crippen LogP contribution in [-0.4, -0.2) is 194 Å². The Kier molecular flexibility index (Phi) is 65.8. The monoisotopic (exact) mass is 1880 g/mol. The van der Waals surface area contributed by atoms with Gasteiger partial charge in [-0.2, -0.15) is 17.5 Å². The van der Waals surface area contributed by atoms with Crippen LogP contribution in [0.4, 0.5) is 0 Å². The van der Waals surface area contributed by atoms with E-state index < -0.39 is 125 Å². The molecule has 0 saturated carbocycles. The molecule has 0 radical (unpaired) electrons. The molecule has 0 atom stereocenters. The predicted molar refractivity (Wildman–Crippen MR) is 542 cm³/mol. The Labute approximate surface area is 743 Å². The average Bonchev–Trinajstić information content (AvgIpc) is 1.61. The van der Waals surface area contributed by atoms with Crippen LogP contribution in [0.3, 0.4) is 0 Å². The molecule has 0 aliphatic carbocycles. The Morgan fingerprint density at radius 3 is 0.930 bits per heavy atom. The van der Waals surface area contributed by atoms with Gasteiger partial charge in [0.1, 0.15) is 14.7 Å². The van der Waals surface area contributed by atoms with Gasteiger partial charge in [0.25, 0.3) is 0 Å². The zero-order valence-electron chi connectivity index (χ0n) is 83.8. The van der Waals surface area contributed by atoms with Crippen molar-refractivity contribution in [3.63, 3.8) is 0 Å². The smallest absolute Gasteiger partial charge is 0.462 e. The molecule has 114 heavy (non-hydrogen) atoms. The van der Waals surface area contributed by atoms with Crippen molar-refractivity contribution in [2.24, 2.45) is 0 Å². The minimum atomic E-state index is -1.76. The molecule has 14 nitrogen and oxygen atoms in total. The van der Waals surface area contributed by atoms with Crippen molar-refractivity contribution < 1.29 is 82.3 Å². The molecule has 1 rings (SSSR count). The third-order valence-electron chi connectivity index (χ3n) is 21.4. The number of carbonyl (C=O) groups is 3. The van der Waals surface area contributed by atoms with Crippen molar-refractivity contribution in [3.05, 3.63) is 56.0 Å². The van der Waals surface area contributed by atoms with Crippen molar-refractivity contribution in [2.45, 2.75) is 412 Å². The molecule has 1 heterocycles. The quantitative estimate of drug-likeness (QED) is 0.00896. The number of rotatable bonds is 44. The van der Waals surface area contributed by atoms with E-state index in [1.807, 2.05) is 0 Å². The second-order valence-corrected chi connectivity index (χ2v) is 112. The van der Waals surface area contributed by atoms with Crippen molar-refractivity contribution in [2.75, 3.05) is 46.2 Å². The summed E-state index contributed by atoms with van der Waals surface area (Å²) in [4.78, 5) is 33.5. The van der Waals surface area contributed by atoms with Gasteiger partial charge in [0, 0.05) is 67.4 Å². The first-order valence-corrected chi connectivity index (χ1v) is 90.7. The summed E-state index contributed by atoms with van der Waals surface area (Å²) in [5, 5.41) is 10.0. The normalized spacial score (nSPS) is 14.4. The molecular formula is C83H192ClLiO14Si15.